The largest absolute Gasteiger partial charge is 0.490 e. The molecular weight excluding hydrogens is 477 g/mol. The van der Waals surface area contributed by atoms with E-state index >= 15 is 0 Å². The van der Waals surface area contributed by atoms with Crippen LogP contribution in [0.2, 0.25) is 0 Å². The van der Waals surface area contributed by atoms with Crippen LogP contribution >= 0.6 is 0 Å². The van der Waals surface area contributed by atoms with E-state index in [0.29, 0.717) is 6.04 Å². The van der Waals surface area contributed by atoms with Crippen molar-refractivity contribution in [3.05, 3.63) is 35.4 Å². The molecule has 2 fully saturated rings. The number of piperidine rings is 1. The van der Waals surface area contributed by atoms with Crippen LogP contribution in [0.1, 0.15) is 56.0 Å². The Labute approximate surface area is 211 Å². The van der Waals surface area contributed by atoms with E-state index in [1.54, 1.807) is 7.11 Å². The predicted molar refractivity (Wildman–Crippen MR) is 130 cm³/mol. The normalized spacial score (nSPS) is 19.5. The molecule has 0 bridgehead atoms. The minimum Gasteiger partial charge on any atom is -0.475 e. The van der Waals surface area contributed by atoms with Gasteiger partial charge in [-0.3, -0.25) is 9.69 Å². The van der Waals surface area contributed by atoms with Crippen molar-refractivity contribution in [2.75, 3.05) is 46.5 Å². The minimum absolute atomic E-state index is 0.193. The lowest BCUT2D eigenvalue weighted by atomic mass is 9.76. The highest BCUT2D eigenvalue weighted by Crippen LogP contribution is 2.42. The topological polar surface area (TPSA) is 79.3 Å². The molecule has 2 aliphatic heterocycles. The summed E-state index contributed by atoms with van der Waals surface area (Å²) in [5.41, 5.74) is 2.26. The fraction of sp³-hybridized carbons (Fsp3) is 0.692. The highest BCUT2D eigenvalue weighted by atomic mass is 19.4. The van der Waals surface area contributed by atoms with Crippen LogP contribution in [0, 0.1) is 5.41 Å². The maximum atomic E-state index is 13.0. The maximum absolute atomic E-state index is 13.0. The molecule has 0 aromatic heterocycles. The average molecular weight is 517 g/mol. The average Bonchev–Trinajstić information content (AvgIpc) is 3.23. The molecule has 1 unspecified atom stereocenters. The number of aliphatic carboxylic acids is 1. The number of alkyl halides is 3. The first kappa shape index (κ1) is 30.1. The van der Waals surface area contributed by atoms with Gasteiger partial charge >= 0.3 is 12.1 Å². The van der Waals surface area contributed by atoms with Gasteiger partial charge in [0.25, 0.3) is 5.91 Å². The number of carboxylic acids is 1. The summed E-state index contributed by atoms with van der Waals surface area (Å²) >= 11 is 0. The van der Waals surface area contributed by atoms with Gasteiger partial charge in [-0.25, -0.2) is 4.79 Å². The van der Waals surface area contributed by atoms with Gasteiger partial charge in [0.1, 0.15) is 0 Å². The second-order valence-electron chi connectivity index (χ2n) is 9.82. The number of ether oxygens (including phenoxy) is 2. The maximum Gasteiger partial charge on any atom is 0.490 e. The standard InChI is InChI=1S/C24H38N2O3.C2HF3O2/c1-5-20-8-6-7-9-22(20)23(27)25-12-10-24(11-13-25)16-21(29-18-24)17-26(19(2)3)14-15-28-4;3-2(4,5)1(6)7/h6-9,19,21H,5,10-18H2,1-4H3;(H,6,7). The molecule has 0 saturated carbocycles. The smallest absolute Gasteiger partial charge is 0.475 e. The summed E-state index contributed by atoms with van der Waals surface area (Å²) in [5, 5.41) is 7.12. The number of carboxylic acid groups (broad SMARTS) is 1. The second kappa shape index (κ2) is 13.4. The number of carbonyl (C=O) groups is 2. The Morgan fingerprint density at radius 2 is 1.86 bits per heavy atom. The first-order chi connectivity index (χ1) is 16.9. The highest BCUT2D eigenvalue weighted by Gasteiger charge is 2.43. The molecule has 3 rings (SSSR count). The van der Waals surface area contributed by atoms with Crippen LogP contribution in [0.4, 0.5) is 13.2 Å². The van der Waals surface area contributed by atoms with Crippen LogP contribution in [-0.2, 0) is 20.7 Å². The Bertz CT molecular complexity index is 854. The Hall–Kier alpha value is -2.17. The molecule has 36 heavy (non-hydrogen) atoms. The Balaban J connectivity index is 0.000000572. The molecule has 1 N–H and O–H groups in total. The molecule has 1 spiro atoms. The number of methoxy groups -OCH3 is 1. The molecule has 10 heteroatoms. The van der Waals surface area contributed by atoms with E-state index in [4.69, 9.17) is 19.4 Å². The molecule has 0 radical (unpaired) electrons. The monoisotopic (exact) mass is 516 g/mol. The van der Waals surface area contributed by atoms with Gasteiger partial charge < -0.3 is 19.5 Å². The SMILES string of the molecule is CCc1ccccc1C(=O)N1CCC2(CC1)COC(CN(CCOC)C(C)C)C2.O=C(O)C(F)(F)F. The number of likely N-dealkylation sites (tertiary alicyclic amines) is 1. The van der Waals surface area contributed by atoms with Gasteiger partial charge in [-0.1, -0.05) is 25.1 Å². The molecule has 204 valence electrons. The zero-order valence-corrected chi connectivity index (χ0v) is 21.6. The molecule has 1 amide bonds. The molecule has 7 nitrogen and oxygen atoms in total. The zero-order chi connectivity index (χ0) is 26.9. The number of halogens is 3. The summed E-state index contributed by atoms with van der Waals surface area (Å²) < 4.78 is 43.2. The van der Waals surface area contributed by atoms with Gasteiger partial charge in [-0.15, -0.1) is 0 Å². The van der Waals surface area contributed by atoms with Crippen molar-refractivity contribution >= 4 is 11.9 Å². The van der Waals surface area contributed by atoms with Gasteiger partial charge in [0.05, 0.1) is 19.3 Å². The summed E-state index contributed by atoms with van der Waals surface area (Å²) in [6, 6.07) is 8.52. The quantitative estimate of drug-likeness (QED) is 0.557. The van der Waals surface area contributed by atoms with Gasteiger partial charge in [0.2, 0.25) is 0 Å². The third-order valence-electron chi connectivity index (χ3n) is 7.02. The number of aryl methyl sites for hydroxylation is 1. The van der Waals surface area contributed by atoms with Crippen LogP contribution in [0.3, 0.4) is 0 Å². The molecule has 0 aliphatic carbocycles. The van der Waals surface area contributed by atoms with E-state index in [1.807, 2.05) is 23.1 Å². The first-order valence-corrected chi connectivity index (χ1v) is 12.4. The summed E-state index contributed by atoms with van der Waals surface area (Å²) in [6.07, 6.45) is -0.703. The second-order valence-corrected chi connectivity index (χ2v) is 9.82. The van der Waals surface area contributed by atoms with Crippen LogP contribution in [0.5, 0.6) is 0 Å². The van der Waals surface area contributed by atoms with E-state index in [0.717, 1.165) is 76.2 Å². The van der Waals surface area contributed by atoms with Crippen LogP contribution in [0.15, 0.2) is 24.3 Å². The number of benzene rings is 1. The molecular formula is C26H39F3N2O5. The lowest BCUT2D eigenvalue weighted by molar-refractivity contribution is -0.192. The predicted octanol–water partition coefficient (Wildman–Crippen LogP) is 4.25. The van der Waals surface area contributed by atoms with Crippen molar-refractivity contribution in [1.29, 1.82) is 0 Å². The summed E-state index contributed by atoms with van der Waals surface area (Å²) in [6.45, 7) is 11.8. The highest BCUT2D eigenvalue weighted by molar-refractivity contribution is 5.95. The third kappa shape index (κ3) is 8.45. The fourth-order valence-corrected chi connectivity index (χ4v) is 4.78. The molecule has 2 saturated heterocycles. The fourth-order valence-electron chi connectivity index (χ4n) is 4.78. The third-order valence-corrected chi connectivity index (χ3v) is 7.02. The van der Waals surface area contributed by atoms with Crippen molar-refractivity contribution in [2.24, 2.45) is 5.41 Å². The number of rotatable bonds is 8. The first-order valence-electron chi connectivity index (χ1n) is 12.4. The summed E-state index contributed by atoms with van der Waals surface area (Å²) in [7, 11) is 1.76. The van der Waals surface area contributed by atoms with Crippen molar-refractivity contribution in [3.63, 3.8) is 0 Å². The zero-order valence-electron chi connectivity index (χ0n) is 21.6. The summed E-state index contributed by atoms with van der Waals surface area (Å²) in [4.78, 5) is 26.4. The number of amides is 1. The van der Waals surface area contributed by atoms with Crippen molar-refractivity contribution in [2.45, 2.75) is 64.8 Å². The van der Waals surface area contributed by atoms with Gasteiger partial charge in [0.15, 0.2) is 0 Å². The molecule has 2 aliphatic rings. The Kier molecular flexibility index (Phi) is 11.2. The van der Waals surface area contributed by atoms with Crippen LogP contribution < -0.4 is 0 Å². The van der Waals surface area contributed by atoms with Crippen molar-refractivity contribution in [1.82, 2.24) is 9.80 Å². The van der Waals surface area contributed by atoms with E-state index in [9.17, 15) is 18.0 Å². The van der Waals surface area contributed by atoms with E-state index in [2.05, 4.69) is 31.7 Å². The van der Waals surface area contributed by atoms with E-state index in [-0.39, 0.29) is 17.4 Å². The number of hydrogen-bond acceptors (Lipinski definition) is 5. The summed E-state index contributed by atoms with van der Waals surface area (Å²) in [5.74, 6) is -2.56. The van der Waals surface area contributed by atoms with Crippen LogP contribution in [0.25, 0.3) is 0 Å². The van der Waals surface area contributed by atoms with Gasteiger partial charge in [-0.2, -0.15) is 13.2 Å². The lowest BCUT2D eigenvalue weighted by Crippen LogP contribution is -2.44. The van der Waals surface area contributed by atoms with E-state index in [1.165, 1.54) is 0 Å². The number of carbonyl (C=O) groups excluding carboxylic acids is 1. The van der Waals surface area contributed by atoms with Gasteiger partial charge in [0, 0.05) is 44.9 Å². The number of nitrogens with zero attached hydrogens (tertiary/aromatic N) is 2. The van der Waals surface area contributed by atoms with Crippen molar-refractivity contribution in [3.8, 4) is 0 Å². The molecule has 1 aromatic rings. The molecule has 1 atom stereocenters. The molecule has 2 heterocycles. The minimum atomic E-state index is -5.08. The Morgan fingerprint density at radius 1 is 1.25 bits per heavy atom. The lowest BCUT2D eigenvalue weighted by Gasteiger charge is -2.39. The Morgan fingerprint density at radius 3 is 2.39 bits per heavy atom. The van der Waals surface area contributed by atoms with Crippen molar-refractivity contribution < 1.29 is 37.3 Å². The van der Waals surface area contributed by atoms with E-state index < -0.39 is 12.1 Å². The number of hydrogen-bond donors (Lipinski definition) is 1. The van der Waals surface area contributed by atoms with Gasteiger partial charge in [-0.05, 0) is 56.6 Å². The van der Waals surface area contributed by atoms with Crippen LogP contribution in [-0.4, -0.2) is 91.6 Å². The molecule has 1 aromatic carbocycles.